The molecule has 0 atom stereocenters. The standard InChI is InChI=1S/C16H22FNO2/c1-3-11-4-7-13(8-5-11)18-15-10-12(17)6-9-14(15)16(19)20-2/h6,9-11,13,18H,3-5,7-8H2,1-2H3. The number of rotatable bonds is 4. The molecule has 0 aliphatic heterocycles. The highest BCUT2D eigenvalue weighted by Crippen LogP contribution is 2.29. The van der Waals surface area contributed by atoms with E-state index in [9.17, 15) is 9.18 Å². The van der Waals surface area contributed by atoms with Crippen LogP contribution in [0.1, 0.15) is 49.4 Å². The van der Waals surface area contributed by atoms with Crippen molar-refractivity contribution in [3.05, 3.63) is 29.6 Å². The van der Waals surface area contributed by atoms with Gasteiger partial charge in [-0.25, -0.2) is 9.18 Å². The molecule has 0 saturated heterocycles. The minimum atomic E-state index is -0.435. The van der Waals surface area contributed by atoms with E-state index in [2.05, 4.69) is 12.2 Å². The van der Waals surface area contributed by atoms with Crippen LogP contribution in [0.3, 0.4) is 0 Å². The van der Waals surface area contributed by atoms with Gasteiger partial charge in [0.25, 0.3) is 0 Å². The molecule has 0 radical (unpaired) electrons. The molecule has 4 heteroatoms. The van der Waals surface area contributed by atoms with Gasteiger partial charge in [-0.2, -0.15) is 0 Å². The first-order valence-corrected chi connectivity index (χ1v) is 7.28. The van der Waals surface area contributed by atoms with Gasteiger partial charge >= 0.3 is 5.97 Å². The van der Waals surface area contributed by atoms with Crippen LogP contribution < -0.4 is 5.32 Å². The Balaban J connectivity index is 2.08. The second kappa shape index (κ2) is 6.73. The van der Waals surface area contributed by atoms with Crippen LogP contribution in [-0.4, -0.2) is 19.1 Å². The number of halogens is 1. The molecular formula is C16H22FNO2. The molecule has 0 unspecified atom stereocenters. The maximum absolute atomic E-state index is 13.4. The van der Waals surface area contributed by atoms with E-state index < -0.39 is 5.97 Å². The lowest BCUT2D eigenvalue weighted by Gasteiger charge is -2.29. The van der Waals surface area contributed by atoms with Gasteiger partial charge in [0, 0.05) is 6.04 Å². The van der Waals surface area contributed by atoms with Gasteiger partial charge in [-0.1, -0.05) is 13.3 Å². The maximum Gasteiger partial charge on any atom is 0.339 e. The molecule has 20 heavy (non-hydrogen) atoms. The van der Waals surface area contributed by atoms with Crippen LogP contribution in [0.15, 0.2) is 18.2 Å². The Morgan fingerprint density at radius 2 is 2.05 bits per heavy atom. The zero-order valence-corrected chi connectivity index (χ0v) is 12.1. The summed E-state index contributed by atoms with van der Waals surface area (Å²) < 4.78 is 18.1. The second-order valence-electron chi connectivity index (χ2n) is 5.45. The van der Waals surface area contributed by atoms with Crippen LogP contribution >= 0.6 is 0 Å². The zero-order valence-electron chi connectivity index (χ0n) is 12.1. The first-order valence-electron chi connectivity index (χ1n) is 7.28. The lowest BCUT2D eigenvalue weighted by atomic mass is 9.84. The lowest BCUT2D eigenvalue weighted by Crippen LogP contribution is -2.27. The van der Waals surface area contributed by atoms with Crippen LogP contribution in [0.25, 0.3) is 0 Å². The van der Waals surface area contributed by atoms with Gasteiger partial charge in [0.15, 0.2) is 0 Å². The minimum absolute atomic E-state index is 0.308. The lowest BCUT2D eigenvalue weighted by molar-refractivity contribution is 0.0601. The fourth-order valence-corrected chi connectivity index (χ4v) is 2.86. The molecule has 3 nitrogen and oxygen atoms in total. The summed E-state index contributed by atoms with van der Waals surface area (Å²) in [5, 5.41) is 3.31. The van der Waals surface area contributed by atoms with Crippen LogP contribution in [0.4, 0.5) is 10.1 Å². The Hall–Kier alpha value is -1.58. The Bertz CT molecular complexity index is 468. The van der Waals surface area contributed by atoms with Crippen molar-refractivity contribution >= 4 is 11.7 Å². The third-order valence-corrected chi connectivity index (χ3v) is 4.17. The Kier molecular flexibility index (Phi) is 4.99. The van der Waals surface area contributed by atoms with E-state index in [0.29, 0.717) is 17.3 Å². The van der Waals surface area contributed by atoms with Crippen molar-refractivity contribution < 1.29 is 13.9 Å². The van der Waals surface area contributed by atoms with Crippen LogP contribution in [-0.2, 0) is 4.74 Å². The van der Waals surface area contributed by atoms with Crippen molar-refractivity contribution in [2.24, 2.45) is 5.92 Å². The highest BCUT2D eigenvalue weighted by atomic mass is 19.1. The number of hydrogen-bond acceptors (Lipinski definition) is 3. The topological polar surface area (TPSA) is 38.3 Å². The molecule has 1 aliphatic rings. The molecule has 1 aliphatic carbocycles. The average Bonchev–Trinajstić information content (AvgIpc) is 2.47. The third kappa shape index (κ3) is 3.50. The predicted octanol–water partition coefficient (Wildman–Crippen LogP) is 3.99. The number of ether oxygens (including phenoxy) is 1. The molecule has 1 fully saturated rings. The normalized spacial score (nSPS) is 22.4. The van der Waals surface area contributed by atoms with Crippen molar-refractivity contribution in [1.29, 1.82) is 0 Å². The monoisotopic (exact) mass is 279 g/mol. The number of carbonyl (C=O) groups is 1. The molecule has 0 aromatic heterocycles. The number of anilines is 1. The summed E-state index contributed by atoms with van der Waals surface area (Å²) in [6.45, 7) is 2.22. The first kappa shape index (κ1) is 14.8. The molecule has 1 N–H and O–H groups in total. The van der Waals surface area contributed by atoms with Gasteiger partial charge in [0.2, 0.25) is 0 Å². The molecule has 110 valence electrons. The van der Waals surface area contributed by atoms with Crippen molar-refractivity contribution in [1.82, 2.24) is 0 Å². The van der Waals surface area contributed by atoms with E-state index in [1.54, 1.807) is 0 Å². The van der Waals surface area contributed by atoms with Crippen molar-refractivity contribution in [3.63, 3.8) is 0 Å². The highest BCUT2D eigenvalue weighted by molar-refractivity contribution is 5.95. The Morgan fingerprint density at radius 1 is 1.35 bits per heavy atom. The summed E-state index contributed by atoms with van der Waals surface area (Å²) in [7, 11) is 1.34. The molecule has 0 amide bonds. The quantitative estimate of drug-likeness (QED) is 0.847. The molecule has 1 aromatic rings. The fourth-order valence-electron chi connectivity index (χ4n) is 2.86. The molecular weight excluding hydrogens is 257 g/mol. The molecule has 0 bridgehead atoms. The SMILES string of the molecule is CCC1CCC(Nc2cc(F)ccc2C(=O)OC)CC1. The maximum atomic E-state index is 13.4. The Labute approximate surface area is 119 Å². The summed E-state index contributed by atoms with van der Waals surface area (Å²) >= 11 is 0. The van der Waals surface area contributed by atoms with E-state index in [-0.39, 0.29) is 5.82 Å². The van der Waals surface area contributed by atoms with Crippen molar-refractivity contribution in [2.45, 2.75) is 45.1 Å². The fraction of sp³-hybridized carbons (Fsp3) is 0.562. The van der Waals surface area contributed by atoms with E-state index >= 15 is 0 Å². The molecule has 2 rings (SSSR count). The smallest absolute Gasteiger partial charge is 0.339 e. The molecule has 0 spiro atoms. The van der Waals surface area contributed by atoms with Crippen LogP contribution in [0.5, 0.6) is 0 Å². The average molecular weight is 279 g/mol. The van der Waals surface area contributed by atoms with Crippen LogP contribution in [0.2, 0.25) is 0 Å². The summed E-state index contributed by atoms with van der Waals surface area (Å²) in [4.78, 5) is 11.7. The summed E-state index contributed by atoms with van der Waals surface area (Å²) in [6, 6.07) is 4.44. The number of esters is 1. The van der Waals surface area contributed by atoms with E-state index in [4.69, 9.17) is 4.74 Å². The number of nitrogens with one attached hydrogen (secondary N) is 1. The van der Waals surface area contributed by atoms with Gasteiger partial charge in [0.05, 0.1) is 18.4 Å². The summed E-state index contributed by atoms with van der Waals surface area (Å²) in [5.41, 5.74) is 0.934. The molecule has 1 saturated carbocycles. The molecule has 0 heterocycles. The van der Waals surface area contributed by atoms with Crippen molar-refractivity contribution in [2.75, 3.05) is 12.4 Å². The van der Waals surface area contributed by atoms with Gasteiger partial charge < -0.3 is 10.1 Å². The number of benzene rings is 1. The van der Waals surface area contributed by atoms with E-state index in [1.807, 2.05) is 0 Å². The van der Waals surface area contributed by atoms with Gasteiger partial charge in [-0.3, -0.25) is 0 Å². The number of hydrogen-bond donors (Lipinski definition) is 1. The largest absolute Gasteiger partial charge is 0.465 e. The number of carbonyl (C=O) groups excluding carboxylic acids is 1. The second-order valence-corrected chi connectivity index (χ2v) is 5.45. The summed E-state index contributed by atoms with van der Waals surface area (Å²) in [6.07, 6.45) is 5.74. The van der Waals surface area contributed by atoms with E-state index in [0.717, 1.165) is 18.8 Å². The van der Waals surface area contributed by atoms with Gasteiger partial charge in [-0.15, -0.1) is 0 Å². The first-order chi connectivity index (χ1) is 9.63. The minimum Gasteiger partial charge on any atom is -0.465 e. The number of methoxy groups -OCH3 is 1. The van der Waals surface area contributed by atoms with Crippen LogP contribution in [0, 0.1) is 11.7 Å². The zero-order chi connectivity index (χ0) is 14.5. The highest BCUT2D eigenvalue weighted by Gasteiger charge is 2.22. The Morgan fingerprint density at radius 3 is 2.65 bits per heavy atom. The predicted molar refractivity (Wildman–Crippen MR) is 77.4 cm³/mol. The van der Waals surface area contributed by atoms with E-state index in [1.165, 1.54) is 44.6 Å². The van der Waals surface area contributed by atoms with Gasteiger partial charge in [0.1, 0.15) is 5.82 Å². The third-order valence-electron chi connectivity index (χ3n) is 4.17. The summed E-state index contributed by atoms with van der Waals surface area (Å²) in [5.74, 6) is 0.0257. The molecule has 1 aromatic carbocycles. The van der Waals surface area contributed by atoms with Gasteiger partial charge in [-0.05, 0) is 49.8 Å². The van der Waals surface area contributed by atoms with Crippen molar-refractivity contribution in [3.8, 4) is 0 Å².